The van der Waals surface area contributed by atoms with Crippen LogP contribution in [0.2, 0.25) is 0 Å². The van der Waals surface area contributed by atoms with Crippen LogP contribution in [0.5, 0.6) is 0 Å². The molecule has 0 fully saturated rings. The van der Waals surface area contributed by atoms with E-state index in [-0.39, 0.29) is 24.8 Å². The summed E-state index contributed by atoms with van der Waals surface area (Å²) in [5.74, 6) is -0.542. The van der Waals surface area contributed by atoms with Crippen molar-refractivity contribution in [3.8, 4) is 0 Å². The SMILES string of the molecule is CC(C)CNC(=O)[C@H](Cc1ccccc1)N(Cc1ccc(Br)cc1)C(=O)CN(c1ccc(Br)cc1)S(C)(=O)=O. The molecule has 3 aromatic rings. The molecule has 0 aliphatic carbocycles. The second-order valence-electron chi connectivity index (χ2n) is 9.74. The minimum atomic E-state index is -3.80. The standard InChI is InChI=1S/C29H33Br2N3O4S/c1-21(2)18-32-29(36)27(17-22-7-5-4-6-8-22)33(19-23-9-11-24(30)12-10-23)28(35)20-34(39(3,37)38)26-15-13-25(31)14-16-26/h4-16,21,27H,17-20H2,1-3H3,(H,32,36)/t27-/m0/s1. The molecule has 0 saturated carbocycles. The van der Waals surface area contributed by atoms with Crippen molar-refractivity contribution in [1.29, 1.82) is 0 Å². The maximum Gasteiger partial charge on any atom is 0.244 e. The Morgan fingerprint density at radius 3 is 1.95 bits per heavy atom. The highest BCUT2D eigenvalue weighted by atomic mass is 79.9. The average Bonchev–Trinajstić information content (AvgIpc) is 2.89. The normalized spacial score (nSPS) is 12.2. The van der Waals surface area contributed by atoms with Crippen molar-refractivity contribution in [2.45, 2.75) is 32.9 Å². The molecule has 0 aliphatic rings. The second kappa shape index (κ2) is 14.1. The van der Waals surface area contributed by atoms with Crippen molar-refractivity contribution in [2.75, 3.05) is 23.7 Å². The van der Waals surface area contributed by atoms with Crippen LogP contribution in [0.1, 0.15) is 25.0 Å². The predicted molar refractivity (Wildman–Crippen MR) is 163 cm³/mol. The summed E-state index contributed by atoms with van der Waals surface area (Å²) >= 11 is 6.80. The van der Waals surface area contributed by atoms with E-state index < -0.39 is 28.5 Å². The molecule has 10 heteroatoms. The fraction of sp³-hybridized carbons (Fsp3) is 0.310. The van der Waals surface area contributed by atoms with Crippen molar-refractivity contribution >= 4 is 59.4 Å². The minimum absolute atomic E-state index is 0.136. The van der Waals surface area contributed by atoms with E-state index in [1.807, 2.05) is 68.4 Å². The third-order valence-corrected chi connectivity index (χ3v) is 8.21. The van der Waals surface area contributed by atoms with Crippen LogP contribution in [0.4, 0.5) is 5.69 Å². The zero-order valence-corrected chi connectivity index (χ0v) is 26.2. The molecule has 1 N–H and O–H groups in total. The monoisotopic (exact) mass is 677 g/mol. The lowest BCUT2D eigenvalue weighted by Crippen LogP contribution is -2.53. The Labute approximate surface area is 247 Å². The minimum Gasteiger partial charge on any atom is -0.354 e. The van der Waals surface area contributed by atoms with E-state index in [2.05, 4.69) is 37.2 Å². The Kier molecular flexibility index (Phi) is 11.1. The van der Waals surface area contributed by atoms with E-state index >= 15 is 0 Å². The van der Waals surface area contributed by atoms with Gasteiger partial charge in [-0.1, -0.05) is 88.2 Å². The molecule has 0 saturated heterocycles. The van der Waals surface area contributed by atoms with Crippen molar-refractivity contribution in [3.63, 3.8) is 0 Å². The molecule has 208 valence electrons. The van der Waals surface area contributed by atoms with E-state index in [0.29, 0.717) is 12.2 Å². The maximum atomic E-state index is 14.0. The smallest absolute Gasteiger partial charge is 0.244 e. The number of amides is 2. The number of benzene rings is 3. The van der Waals surface area contributed by atoms with E-state index in [4.69, 9.17) is 0 Å². The molecule has 1 atom stereocenters. The fourth-order valence-electron chi connectivity index (χ4n) is 3.98. The summed E-state index contributed by atoms with van der Waals surface area (Å²) in [5.41, 5.74) is 2.07. The van der Waals surface area contributed by atoms with Crippen molar-refractivity contribution in [1.82, 2.24) is 10.2 Å². The molecule has 0 radical (unpaired) electrons. The number of carbonyl (C=O) groups is 2. The van der Waals surface area contributed by atoms with Crippen LogP contribution in [0.25, 0.3) is 0 Å². The lowest BCUT2D eigenvalue weighted by molar-refractivity contribution is -0.140. The summed E-state index contributed by atoms with van der Waals surface area (Å²) in [7, 11) is -3.80. The van der Waals surface area contributed by atoms with Gasteiger partial charge in [0.15, 0.2) is 0 Å². The van der Waals surface area contributed by atoms with Crippen LogP contribution in [0.3, 0.4) is 0 Å². The van der Waals surface area contributed by atoms with Gasteiger partial charge in [-0.25, -0.2) is 8.42 Å². The molecule has 39 heavy (non-hydrogen) atoms. The van der Waals surface area contributed by atoms with Crippen molar-refractivity contribution in [2.24, 2.45) is 5.92 Å². The Bertz CT molecular complexity index is 1350. The van der Waals surface area contributed by atoms with Gasteiger partial charge in [-0.15, -0.1) is 0 Å². The zero-order chi connectivity index (χ0) is 28.6. The largest absolute Gasteiger partial charge is 0.354 e. The van der Waals surface area contributed by atoms with Gasteiger partial charge in [0.05, 0.1) is 11.9 Å². The van der Waals surface area contributed by atoms with Crippen molar-refractivity contribution < 1.29 is 18.0 Å². The molecular weight excluding hydrogens is 646 g/mol. The zero-order valence-electron chi connectivity index (χ0n) is 22.2. The van der Waals surface area contributed by atoms with E-state index in [1.165, 1.54) is 4.90 Å². The van der Waals surface area contributed by atoms with Gasteiger partial charge in [0, 0.05) is 28.5 Å². The highest BCUT2D eigenvalue weighted by molar-refractivity contribution is 9.10. The van der Waals surface area contributed by atoms with Crippen LogP contribution in [0.15, 0.2) is 87.8 Å². The van der Waals surface area contributed by atoms with Crippen LogP contribution in [-0.2, 0) is 32.6 Å². The third kappa shape index (κ3) is 9.47. The molecule has 3 aromatic carbocycles. The quantitative estimate of drug-likeness (QED) is 0.278. The molecule has 0 unspecified atom stereocenters. The van der Waals surface area contributed by atoms with Gasteiger partial charge in [-0.05, 0) is 53.4 Å². The first-order chi connectivity index (χ1) is 18.4. The topological polar surface area (TPSA) is 86.8 Å². The Hall–Kier alpha value is -2.69. The second-order valence-corrected chi connectivity index (χ2v) is 13.5. The first-order valence-corrected chi connectivity index (χ1v) is 16.0. The van der Waals surface area contributed by atoms with Gasteiger partial charge < -0.3 is 10.2 Å². The molecule has 0 aromatic heterocycles. The van der Waals surface area contributed by atoms with Gasteiger partial charge in [0.1, 0.15) is 12.6 Å². The maximum absolute atomic E-state index is 14.0. The highest BCUT2D eigenvalue weighted by Gasteiger charge is 2.33. The molecule has 2 amide bonds. The van der Waals surface area contributed by atoms with Gasteiger partial charge in [-0.3, -0.25) is 13.9 Å². The van der Waals surface area contributed by atoms with E-state index in [1.54, 1.807) is 24.3 Å². The van der Waals surface area contributed by atoms with E-state index in [0.717, 1.165) is 30.6 Å². The average molecular weight is 679 g/mol. The third-order valence-electron chi connectivity index (χ3n) is 6.02. The van der Waals surface area contributed by atoms with Crippen LogP contribution in [-0.4, -0.2) is 50.5 Å². The van der Waals surface area contributed by atoms with E-state index in [9.17, 15) is 18.0 Å². The molecule has 0 heterocycles. The van der Waals surface area contributed by atoms with Gasteiger partial charge in [0.25, 0.3) is 0 Å². The molecule has 0 spiro atoms. The van der Waals surface area contributed by atoms with Crippen LogP contribution >= 0.6 is 31.9 Å². The Morgan fingerprint density at radius 2 is 1.41 bits per heavy atom. The van der Waals surface area contributed by atoms with Gasteiger partial charge in [-0.2, -0.15) is 0 Å². The fourth-order valence-corrected chi connectivity index (χ4v) is 5.36. The lowest BCUT2D eigenvalue weighted by Gasteiger charge is -2.33. The number of hydrogen-bond donors (Lipinski definition) is 1. The Balaban J connectivity index is 2.03. The predicted octanol–water partition coefficient (Wildman–Crippen LogP) is 5.39. The van der Waals surface area contributed by atoms with Gasteiger partial charge >= 0.3 is 0 Å². The molecule has 3 rings (SSSR count). The lowest BCUT2D eigenvalue weighted by atomic mass is 10.0. The summed E-state index contributed by atoms with van der Waals surface area (Å²) < 4.78 is 28.3. The number of halogens is 2. The number of sulfonamides is 1. The first-order valence-electron chi connectivity index (χ1n) is 12.5. The molecule has 0 bridgehead atoms. The number of carbonyl (C=O) groups excluding carboxylic acids is 2. The molecule has 0 aliphatic heterocycles. The van der Waals surface area contributed by atoms with Crippen LogP contribution in [0, 0.1) is 5.92 Å². The summed E-state index contributed by atoms with van der Waals surface area (Å²) in [6.07, 6.45) is 1.35. The number of nitrogens with zero attached hydrogens (tertiary/aromatic N) is 2. The molecular formula is C29H33Br2N3O4S. The Morgan fingerprint density at radius 1 is 0.846 bits per heavy atom. The summed E-state index contributed by atoms with van der Waals surface area (Å²) in [5, 5.41) is 2.98. The first kappa shape index (κ1) is 30.8. The van der Waals surface area contributed by atoms with Gasteiger partial charge in [0.2, 0.25) is 21.8 Å². The summed E-state index contributed by atoms with van der Waals surface area (Å²) in [4.78, 5) is 29.1. The number of nitrogens with one attached hydrogen (secondary N) is 1. The summed E-state index contributed by atoms with van der Waals surface area (Å²) in [6, 6.07) is 22.8. The highest BCUT2D eigenvalue weighted by Crippen LogP contribution is 2.23. The number of hydrogen-bond acceptors (Lipinski definition) is 4. The number of rotatable bonds is 12. The van der Waals surface area contributed by atoms with Crippen molar-refractivity contribution in [3.05, 3.63) is 98.9 Å². The molecule has 7 nitrogen and oxygen atoms in total. The van der Waals surface area contributed by atoms with Crippen LogP contribution < -0.4 is 9.62 Å². The number of anilines is 1. The summed E-state index contributed by atoms with van der Waals surface area (Å²) in [6.45, 7) is 4.15.